The highest BCUT2D eigenvalue weighted by molar-refractivity contribution is 5.80. The van der Waals surface area contributed by atoms with Crippen LogP contribution in [0.1, 0.15) is 31.7 Å². The van der Waals surface area contributed by atoms with Crippen LogP contribution in [0.2, 0.25) is 0 Å². The van der Waals surface area contributed by atoms with E-state index in [2.05, 4.69) is 12.1 Å². The molecule has 1 aromatic rings. The number of rotatable bonds is 5. The Morgan fingerprint density at radius 1 is 1.40 bits per heavy atom. The summed E-state index contributed by atoms with van der Waals surface area (Å²) in [4.78, 5) is 24.8. The summed E-state index contributed by atoms with van der Waals surface area (Å²) in [6.07, 6.45) is 2.59. The molecule has 1 fully saturated rings. The largest absolute Gasteiger partial charge is 0.481 e. The highest BCUT2D eigenvalue weighted by atomic mass is 16.4. The van der Waals surface area contributed by atoms with Crippen molar-refractivity contribution in [2.45, 2.75) is 38.6 Å². The van der Waals surface area contributed by atoms with Gasteiger partial charge < -0.3 is 10.0 Å². The van der Waals surface area contributed by atoms with Crippen LogP contribution in [0.3, 0.4) is 0 Å². The van der Waals surface area contributed by atoms with Gasteiger partial charge in [0.05, 0.1) is 5.92 Å². The van der Waals surface area contributed by atoms with E-state index in [-0.39, 0.29) is 11.9 Å². The van der Waals surface area contributed by atoms with Crippen LogP contribution in [0.5, 0.6) is 0 Å². The fourth-order valence-electron chi connectivity index (χ4n) is 2.68. The van der Waals surface area contributed by atoms with E-state index in [1.54, 1.807) is 4.90 Å². The maximum absolute atomic E-state index is 11.9. The number of benzene rings is 1. The van der Waals surface area contributed by atoms with Gasteiger partial charge in [0.2, 0.25) is 5.91 Å². The standard InChI is InChI=1S/C16H21NO3/c1-12(7-8-13-5-3-2-4-6-13)17-11-14(16(19)20)9-10-15(17)18/h2-6,12,14H,7-11H2,1H3,(H,19,20). The molecule has 0 saturated carbocycles. The van der Waals surface area contributed by atoms with E-state index in [0.717, 1.165) is 12.8 Å². The third-order valence-electron chi connectivity index (χ3n) is 4.02. The maximum atomic E-state index is 11.9. The Balaban J connectivity index is 1.91. The molecule has 1 heterocycles. The molecule has 1 N–H and O–H groups in total. The zero-order valence-electron chi connectivity index (χ0n) is 11.8. The lowest BCUT2D eigenvalue weighted by Gasteiger charge is -2.35. The molecule has 1 aliphatic rings. The minimum atomic E-state index is -0.794. The molecule has 20 heavy (non-hydrogen) atoms. The van der Waals surface area contributed by atoms with Crippen molar-refractivity contribution in [2.75, 3.05) is 6.54 Å². The Morgan fingerprint density at radius 3 is 2.75 bits per heavy atom. The van der Waals surface area contributed by atoms with Crippen LogP contribution in [0.4, 0.5) is 0 Å². The second-order valence-electron chi connectivity index (χ2n) is 5.49. The van der Waals surface area contributed by atoms with Gasteiger partial charge in [0.15, 0.2) is 0 Å². The normalized spacial score (nSPS) is 20.8. The number of carbonyl (C=O) groups excluding carboxylic acids is 1. The SMILES string of the molecule is CC(CCc1ccccc1)N1CC(C(=O)O)CCC1=O. The van der Waals surface area contributed by atoms with Crippen molar-refractivity contribution in [2.24, 2.45) is 5.92 Å². The molecule has 108 valence electrons. The zero-order valence-corrected chi connectivity index (χ0v) is 11.8. The first kappa shape index (κ1) is 14.6. The molecule has 1 aromatic carbocycles. The minimum absolute atomic E-state index is 0.0862. The first-order valence-corrected chi connectivity index (χ1v) is 7.14. The van der Waals surface area contributed by atoms with Crippen molar-refractivity contribution in [1.29, 1.82) is 0 Å². The highest BCUT2D eigenvalue weighted by Crippen LogP contribution is 2.21. The summed E-state index contributed by atoms with van der Waals surface area (Å²) >= 11 is 0. The molecule has 1 aliphatic heterocycles. The second kappa shape index (κ2) is 6.55. The smallest absolute Gasteiger partial charge is 0.308 e. The molecular formula is C16H21NO3. The fourth-order valence-corrected chi connectivity index (χ4v) is 2.68. The first-order chi connectivity index (χ1) is 9.58. The van der Waals surface area contributed by atoms with Crippen LogP contribution in [-0.2, 0) is 16.0 Å². The van der Waals surface area contributed by atoms with Crippen molar-refractivity contribution in [1.82, 2.24) is 4.90 Å². The molecule has 4 heteroatoms. The lowest BCUT2D eigenvalue weighted by molar-refractivity contribution is -0.148. The monoisotopic (exact) mass is 275 g/mol. The quantitative estimate of drug-likeness (QED) is 0.897. The number of aliphatic carboxylic acids is 1. The molecule has 1 amide bonds. The molecule has 2 atom stereocenters. The number of amides is 1. The van der Waals surface area contributed by atoms with Gasteiger partial charge in [-0.15, -0.1) is 0 Å². The van der Waals surface area contributed by atoms with Gasteiger partial charge in [0.1, 0.15) is 0 Å². The van der Waals surface area contributed by atoms with Gasteiger partial charge >= 0.3 is 5.97 Å². The van der Waals surface area contributed by atoms with Gasteiger partial charge in [-0.1, -0.05) is 30.3 Å². The Morgan fingerprint density at radius 2 is 2.10 bits per heavy atom. The number of carboxylic acid groups (broad SMARTS) is 1. The van der Waals surface area contributed by atoms with Crippen molar-refractivity contribution < 1.29 is 14.7 Å². The second-order valence-corrected chi connectivity index (χ2v) is 5.49. The minimum Gasteiger partial charge on any atom is -0.481 e. The molecule has 0 radical (unpaired) electrons. The van der Waals surface area contributed by atoms with E-state index in [0.29, 0.717) is 19.4 Å². The predicted molar refractivity (Wildman–Crippen MR) is 76.3 cm³/mol. The van der Waals surface area contributed by atoms with Crippen LogP contribution >= 0.6 is 0 Å². The van der Waals surface area contributed by atoms with Crippen LogP contribution in [0, 0.1) is 5.92 Å². The average molecular weight is 275 g/mol. The van der Waals surface area contributed by atoms with Crippen LogP contribution in [0.25, 0.3) is 0 Å². The third-order valence-corrected chi connectivity index (χ3v) is 4.02. The predicted octanol–water partition coefficient (Wildman–Crippen LogP) is 2.33. The van der Waals surface area contributed by atoms with Gasteiger partial charge in [0.25, 0.3) is 0 Å². The van der Waals surface area contributed by atoms with Crippen LogP contribution < -0.4 is 0 Å². The Bertz CT molecular complexity index is 472. The van der Waals surface area contributed by atoms with Gasteiger partial charge in [-0.25, -0.2) is 0 Å². The van der Waals surface area contributed by atoms with Crippen molar-refractivity contribution >= 4 is 11.9 Å². The number of likely N-dealkylation sites (tertiary alicyclic amines) is 1. The summed E-state index contributed by atoms with van der Waals surface area (Å²) in [6.45, 7) is 2.36. The Hall–Kier alpha value is -1.84. The van der Waals surface area contributed by atoms with Crippen LogP contribution in [0.15, 0.2) is 30.3 Å². The Labute approximate surface area is 119 Å². The van der Waals surface area contributed by atoms with E-state index in [9.17, 15) is 9.59 Å². The van der Waals surface area contributed by atoms with Gasteiger partial charge in [-0.05, 0) is 31.7 Å². The first-order valence-electron chi connectivity index (χ1n) is 7.14. The number of carbonyl (C=O) groups is 2. The summed E-state index contributed by atoms with van der Waals surface area (Å²) < 4.78 is 0. The zero-order chi connectivity index (χ0) is 14.5. The maximum Gasteiger partial charge on any atom is 0.308 e. The summed E-state index contributed by atoms with van der Waals surface area (Å²) in [5.74, 6) is -1.12. The molecular weight excluding hydrogens is 254 g/mol. The number of nitrogens with zero attached hydrogens (tertiary/aromatic N) is 1. The lowest BCUT2D eigenvalue weighted by atomic mass is 9.95. The van der Waals surface area contributed by atoms with Gasteiger partial charge in [0, 0.05) is 19.0 Å². The highest BCUT2D eigenvalue weighted by Gasteiger charge is 2.32. The topological polar surface area (TPSA) is 57.6 Å². The van der Waals surface area contributed by atoms with E-state index in [4.69, 9.17) is 5.11 Å². The lowest BCUT2D eigenvalue weighted by Crippen LogP contribution is -2.47. The molecule has 0 bridgehead atoms. The van der Waals surface area contributed by atoms with E-state index >= 15 is 0 Å². The number of aryl methyl sites for hydroxylation is 1. The summed E-state index contributed by atoms with van der Waals surface area (Å²) in [5.41, 5.74) is 1.25. The van der Waals surface area contributed by atoms with Crippen molar-refractivity contribution in [3.05, 3.63) is 35.9 Å². The van der Waals surface area contributed by atoms with E-state index in [1.165, 1.54) is 5.56 Å². The molecule has 0 aromatic heterocycles. The van der Waals surface area contributed by atoms with Crippen molar-refractivity contribution in [3.63, 3.8) is 0 Å². The number of hydrogen-bond donors (Lipinski definition) is 1. The molecule has 2 unspecified atom stereocenters. The summed E-state index contributed by atoms with van der Waals surface area (Å²) in [6, 6.07) is 10.2. The van der Waals surface area contributed by atoms with Gasteiger partial charge in [-0.3, -0.25) is 9.59 Å². The number of piperidine rings is 1. The average Bonchev–Trinajstić information content (AvgIpc) is 2.46. The molecule has 0 spiro atoms. The van der Waals surface area contributed by atoms with Crippen LogP contribution in [-0.4, -0.2) is 34.5 Å². The van der Waals surface area contributed by atoms with E-state index in [1.807, 2.05) is 25.1 Å². The number of carboxylic acids is 1. The fraction of sp³-hybridized carbons (Fsp3) is 0.500. The summed E-state index contributed by atoms with van der Waals surface area (Å²) in [7, 11) is 0. The van der Waals surface area contributed by atoms with Crippen molar-refractivity contribution in [3.8, 4) is 0 Å². The molecule has 2 rings (SSSR count). The molecule has 0 aliphatic carbocycles. The summed E-state index contributed by atoms with van der Waals surface area (Å²) in [5, 5.41) is 9.09. The molecule has 1 saturated heterocycles. The molecule has 4 nitrogen and oxygen atoms in total. The van der Waals surface area contributed by atoms with Gasteiger partial charge in [-0.2, -0.15) is 0 Å². The van der Waals surface area contributed by atoms with E-state index < -0.39 is 11.9 Å². The number of hydrogen-bond acceptors (Lipinski definition) is 2. The third kappa shape index (κ3) is 3.59. The Kier molecular flexibility index (Phi) is 4.77.